The predicted molar refractivity (Wildman–Crippen MR) is 135 cm³/mol. The molecule has 35 heavy (non-hydrogen) atoms. The first-order valence-electron chi connectivity index (χ1n) is 11.7. The fourth-order valence-corrected chi connectivity index (χ4v) is 5.11. The van der Waals surface area contributed by atoms with Crippen LogP contribution in [0, 0.1) is 0 Å². The molecule has 0 spiro atoms. The molecule has 2 aromatic carbocycles. The predicted octanol–water partition coefficient (Wildman–Crippen LogP) is 4.55. The number of allylic oxidation sites excluding steroid dienone is 3. The van der Waals surface area contributed by atoms with Crippen molar-refractivity contribution in [1.82, 2.24) is 9.58 Å². The van der Waals surface area contributed by atoms with E-state index in [0.29, 0.717) is 48.4 Å². The summed E-state index contributed by atoms with van der Waals surface area (Å²) in [4.78, 5) is 40.3. The molecule has 0 saturated heterocycles. The van der Waals surface area contributed by atoms with Crippen LogP contribution in [-0.4, -0.2) is 28.4 Å². The number of hydrogen-bond donors (Lipinski definition) is 1. The lowest BCUT2D eigenvalue weighted by atomic mass is 9.77. The van der Waals surface area contributed by atoms with Crippen LogP contribution >= 0.6 is 0 Å². The zero-order chi connectivity index (χ0) is 24.5. The number of ether oxygens (including phenoxy) is 1. The molecular weight excluding hydrogens is 442 g/mol. The monoisotopic (exact) mass is 469 g/mol. The van der Waals surface area contributed by atoms with Gasteiger partial charge in [0.1, 0.15) is 5.75 Å². The number of pyridine rings is 1. The second kappa shape index (κ2) is 9.25. The minimum atomic E-state index is -0.599. The Bertz CT molecular complexity index is 1420. The minimum absolute atomic E-state index is 0.0102. The molecule has 1 aliphatic carbocycles. The number of hydrazine groups is 1. The average molecular weight is 470 g/mol. The van der Waals surface area contributed by atoms with Gasteiger partial charge >= 0.3 is 0 Å². The van der Waals surface area contributed by atoms with Gasteiger partial charge in [-0.05, 0) is 49.2 Å². The number of nitrogens with zero attached hydrogens (tertiary/aromatic N) is 2. The Morgan fingerprint density at radius 1 is 1.09 bits per heavy atom. The molecule has 1 N–H and O–H groups in total. The fraction of sp³-hybridized carbons (Fsp3) is 0.250. The molecular formula is C28H27N3O4. The summed E-state index contributed by atoms with van der Waals surface area (Å²) in [5.41, 5.74) is 6.13. The lowest BCUT2D eigenvalue weighted by Crippen LogP contribution is -2.44. The molecule has 5 rings (SSSR count). The lowest BCUT2D eigenvalue weighted by Gasteiger charge is -2.38. The summed E-state index contributed by atoms with van der Waals surface area (Å²) in [5, 5.41) is 2.31. The molecule has 1 atom stereocenters. The molecule has 1 aromatic heterocycles. The third-order valence-electron chi connectivity index (χ3n) is 6.71. The van der Waals surface area contributed by atoms with Gasteiger partial charge in [0.15, 0.2) is 5.78 Å². The molecule has 7 heteroatoms. The van der Waals surface area contributed by atoms with Crippen molar-refractivity contribution in [2.75, 3.05) is 12.5 Å². The Hall–Kier alpha value is -4.13. The zero-order valence-electron chi connectivity index (χ0n) is 19.6. The van der Waals surface area contributed by atoms with Crippen LogP contribution in [0.25, 0.3) is 10.9 Å². The normalized spacial score (nSPS) is 18.0. The van der Waals surface area contributed by atoms with Crippen LogP contribution in [0.3, 0.4) is 0 Å². The first kappa shape index (κ1) is 22.7. The standard InChI is InChI=1S/C28H27N3O4/c1-3-14-30-23-13-12-20(35-2)15-18(23)16-22(28(30)34)21-17-26(33)31(29-19-8-5-4-6-9-19)24-10-7-11-25(32)27(21)24/h3-6,8-9,12-13,15-16,21,29H,1,7,10-11,14,17H2,2H3. The van der Waals surface area contributed by atoms with Crippen LogP contribution in [0.4, 0.5) is 5.69 Å². The number of Topliss-reactive ketones (excluding diaryl/α,β-unsaturated/α-hetero) is 1. The van der Waals surface area contributed by atoms with Crippen molar-refractivity contribution in [2.24, 2.45) is 0 Å². The smallest absolute Gasteiger partial charge is 0.255 e. The topological polar surface area (TPSA) is 80.6 Å². The molecule has 0 saturated carbocycles. The van der Waals surface area contributed by atoms with E-state index in [2.05, 4.69) is 12.0 Å². The number of anilines is 1. The highest BCUT2D eigenvalue weighted by Gasteiger charge is 2.40. The number of hydrogen-bond acceptors (Lipinski definition) is 5. The number of benzene rings is 2. The van der Waals surface area contributed by atoms with Gasteiger partial charge in [0, 0.05) is 41.8 Å². The summed E-state index contributed by atoms with van der Waals surface area (Å²) in [6.45, 7) is 4.12. The van der Waals surface area contributed by atoms with Crippen molar-refractivity contribution in [3.8, 4) is 5.75 Å². The number of carbonyl (C=O) groups is 2. The van der Waals surface area contributed by atoms with Gasteiger partial charge in [-0.3, -0.25) is 19.8 Å². The van der Waals surface area contributed by atoms with E-state index in [9.17, 15) is 14.4 Å². The number of para-hydroxylation sites is 1. The highest BCUT2D eigenvalue weighted by atomic mass is 16.5. The highest BCUT2D eigenvalue weighted by molar-refractivity contribution is 6.02. The molecule has 0 fully saturated rings. The maximum atomic E-state index is 13.7. The van der Waals surface area contributed by atoms with E-state index >= 15 is 0 Å². The van der Waals surface area contributed by atoms with E-state index < -0.39 is 5.92 Å². The number of nitrogens with one attached hydrogen (secondary N) is 1. The van der Waals surface area contributed by atoms with Crippen LogP contribution in [0.15, 0.2) is 83.3 Å². The number of ketones is 1. The van der Waals surface area contributed by atoms with E-state index in [1.807, 2.05) is 54.6 Å². The van der Waals surface area contributed by atoms with Gasteiger partial charge < -0.3 is 9.30 Å². The van der Waals surface area contributed by atoms with Crippen LogP contribution in [0.2, 0.25) is 0 Å². The van der Waals surface area contributed by atoms with Crippen molar-refractivity contribution >= 4 is 28.3 Å². The fourth-order valence-electron chi connectivity index (χ4n) is 5.11. The van der Waals surface area contributed by atoms with Crippen LogP contribution < -0.4 is 15.7 Å². The molecule has 0 bridgehead atoms. The third kappa shape index (κ3) is 4.03. The molecule has 3 aromatic rings. The molecule has 0 radical (unpaired) electrons. The Labute approximate surface area is 203 Å². The quantitative estimate of drug-likeness (QED) is 0.536. The molecule has 178 valence electrons. The van der Waals surface area contributed by atoms with Gasteiger partial charge in [-0.25, -0.2) is 5.01 Å². The number of fused-ring (bicyclic) bond motifs is 1. The first-order valence-corrected chi connectivity index (χ1v) is 11.7. The molecule has 1 amide bonds. The number of aromatic nitrogens is 1. The summed E-state index contributed by atoms with van der Waals surface area (Å²) in [7, 11) is 1.59. The van der Waals surface area contributed by atoms with Gasteiger partial charge in [-0.1, -0.05) is 24.3 Å². The van der Waals surface area contributed by atoms with Crippen molar-refractivity contribution < 1.29 is 14.3 Å². The largest absolute Gasteiger partial charge is 0.497 e. The van der Waals surface area contributed by atoms with Crippen molar-refractivity contribution in [1.29, 1.82) is 0 Å². The van der Waals surface area contributed by atoms with Crippen LogP contribution in [0.1, 0.15) is 37.2 Å². The van der Waals surface area contributed by atoms with E-state index in [1.54, 1.807) is 17.8 Å². The summed E-state index contributed by atoms with van der Waals surface area (Å²) in [6, 6.07) is 16.7. The Kier molecular flexibility index (Phi) is 5.99. The van der Waals surface area contributed by atoms with Gasteiger partial charge in [-0.2, -0.15) is 0 Å². The van der Waals surface area contributed by atoms with Crippen molar-refractivity contribution in [3.63, 3.8) is 0 Å². The van der Waals surface area contributed by atoms with Gasteiger partial charge in [0.2, 0.25) is 5.91 Å². The molecule has 2 aliphatic rings. The summed E-state index contributed by atoms with van der Waals surface area (Å²) >= 11 is 0. The molecule has 1 aliphatic heterocycles. The molecule has 1 unspecified atom stereocenters. The van der Waals surface area contributed by atoms with Gasteiger partial charge in [-0.15, -0.1) is 6.58 Å². The van der Waals surface area contributed by atoms with E-state index in [-0.39, 0.29) is 23.7 Å². The third-order valence-corrected chi connectivity index (χ3v) is 6.71. The summed E-state index contributed by atoms with van der Waals surface area (Å²) in [5.74, 6) is -0.117. The number of rotatable bonds is 6. The maximum Gasteiger partial charge on any atom is 0.255 e. The van der Waals surface area contributed by atoms with Gasteiger partial charge in [0.25, 0.3) is 5.56 Å². The van der Waals surface area contributed by atoms with E-state index in [1.165, 1.54) is 5.01 Å². The highest BCUT2D eigenvalue weighted by Crippen LogP contribution is 2.41. The van der Waals surface area contributed by atoms with Crippen LogP contribution in [0.5, 0.6) is 5.75 Å². The minimum Gasteiger partial charge on any atom is -0.497 e. The summed E-state index contributed by atoms with van der Waals surface area (Å²) < 4.78 is 7.03. The van der Waals surface area contributed by atoms with E-state index in [0.717, 1.165) is 16.6 Å². The lowest BCUT2D eigenvalue weighted by molar-refractivity contribution is -0.130. The average Bonchev–Trinajstić information content (AvgIpc) is 2.87. The first-order chi connectivity index (χ1) is 17.0. The second-order valence-electron chi connectivity index (χ2n) is 8.83. The maximum absolute atomic E-state index is 13.7. The number of amides is 1. The molecule has 2 heterocycles. The Balaban J connectivity index is 1.68. The van der Waals surface area contributed by atoms with Crippen LogP contribution in [-0.2, 0) is 16.1 Å². The summed E-state index contributed by atoms with van der Waals surface area (Å²) in [6.07, 6.45) is 3.36. The Morgan fingerprint density at radius 3 is 2.63 bits per heavy atom. The number of methoxy groups -OCH3 is 1. The Morgan fingerprint density at radius 2 is 1.89 bits per heavy atom. The SMILES string of the molecule is C=CCn1c(=O)c(C2CC(=O)N(Nc3ccccc3)C3=C2C(=O)CCC3)cc2cc(OC)ccc21. The molecule has 7 nitrogen and oxygen atoms in total. The zero-order valence-corrected chi connectivity index (χ0v) is 19.6. The van der Waals surface area contributed by atoms with E-state index in [4.69, 9.17) is 4.74 Å². The van der Waals surface area contributed by atoms with Crippen molar-refractivity contribution in [3.05, 3.63) is 94.4 Å². The van der Waals surface area contributed by atoms with Gasteiger partial charge in [0.05, 0.1) is 24.0 Å². The van der Waals surface area contributed by atoms with Crippen molar-refractivity contribution in [2.45, 2.75) is 38.1 Å². The number of carbonyl (C=O) groups excluding carboxylic acids is 2. The second-order valence-corrected chi connectivity index (χ2v) is 8.83.